The van der Waals surface area contributed by atoms with Gasteiger partial charge in [-0.05, 0) is 26.3 Å². The Labute approximate surface area is 98.8 Å². The fraction of sp³-hybridized carbons (Fsp3) is 0.846. The van der Waals surface area contributed by atoms with Gasteiger partial charge in [0.2, 0.25) is 0 Å². The van der Waals surface area contributed by atoms with Gasteiger partial charge in [-0.1, -0.05) is 32.6 Å². The van der Waals surface area contributed by atoms with Crippen molar-refractivity contribution >= 4 is 12.1 Å². The molecule has 0 aromatic carbocycles. The molecule has 0 saturated heterocycles. The lowest BCUT2D eigenvalue weighted by Crippen LogP contribution is -2.28. The van der Waals surface area contributed by atoms with E-state index in [9.17, 15) is 9.59 Å². The molecule has 3 nitrogen and oxygen atoms in total. The molecule has 0 rings (SSSR count). The maximum Gasteiger partial charge on any atom is 0.145 e. The highest BCUT2D eigenvalue weighted by molar-refractivity contribution is 5.97. The van der Waals surface area contributed by atoms with Crippen LogP contribution < -0.4 is 5.73 Å². The van der Waals surface area contributed by atoms with Crippen LogP contribution in [0, 0.1) is 5.41 Å². The van der Waals surface area contributed by atoms with Crippen molar-refractivity contribution in [3.05, 3.63) is 0 Å². The molecule has 0 aliphatic heterocycles. The van der Waals surface area contributed by atoms with Crippen molar-refractivity contribution in [3.63, 3.8) is 0 Å². The predicted octanol–water partition coefficient (Wildman–Crippen LogP) is 2.47. The molecule has 0 heterocycles. The first-order valence-electron chi connectivity index (χ1n) is 6.30. The summed E-state index contributed by atoms with van der Waals surface area (Å²) in [7, 11) is 0. The van der Waals surface area contributed by atoms with E-state index in [1.54, 1.807) is 6.92 Å². The molecule has 1 unspecified atom stereocenters. The number of carbonyl (C=O) groups excluding carboxylic acids is 2. The Bertz CT molecular complexity index is 216. The first-order chi connectivity index (χ1) is 7.60. The summed E-state index contributed by atoms with van der Waals surface area (Å²) in [6.07, 6.45) is 7.35. The molecule has 0 aliphatic carbocycles. The molecule has 2 N–H and O–H groups in total. The summed E-state index contributed by atoms with van der Waals surface area (Å²) in [6.45, 7) is 4.32. The molecule has 0 radical (unpaired) electrons. The molecule has 0 saturated carbocycles. The molecule has 0 aliphatic rings. The Morgan fingerprint density at radius 1 is 1.19 bits per heavy atom. The van der Waals surface area contributed by atoms with E-state index in [4.69, 9.17) is 5.73 Å². The monoisotopic (exact) mass is 227 g/mol. The Balaban J connectivity index is 3.79. The van der Waals surface area contributed by atoms with Crippen LogP contribution >= 0.6 is 0 Å². The number of rotatable bonds is 10. The maximum atomic E-state index is 11.6. The van der Waals surface area contributed by atoms with Gasteiger partial charge in [-0.15, -0.1) is 0 Å². The fourth-order valence-corrected chi connectivity index (χ4v) is 1.83. The van der Waals surface area contributed by atoms with E-state index in [0.717, 1.165) is 44.9 Å². The number of hydrogen-bond acceptors (Lipinski definition) is 3. The van der Waals surface area contributed by atoms with E-state index in [1.807, 2.05) is 6.92 Å². The van der Waals surface area contributed by atoms with Gasteiger partial charge in [0.25, 0.3) is 0 Å². The van der Waals surface area contributed by atoms with Crippen LogP contribution in [0.5, 0.6) is 0 Å². The summed E-state index contributed by atoms with van der Waals surface area (Å²) in [4.78, 5) is 22.5. The molecule has 0 bridgehead atoms. The number of hydrogen-bond donors (Lipinski definition) is 1. The zero-order valence-electron chi connectivity index (χ0n) is 10.6. The van der Waals surface area contributed by atoms with Crippen molar-refractivity contribution < 1.29 is 9.59 Å². The Kier molecular flexibility index (Phi) is 8.08. The highest BCUT2D eigenvalue weighted by Gasteiger charge is 2.30. The number of nitrogens with two attached hydrogens (primary N) is 1. The Hall–Kier alpha value is -0.700. The summed E-state index contributed by atoms with van der Waals surface area (Å²) in [5.41, 5.74) is 4.65. The summed E-state index contributed by atoms with van der Waals surface area (Å²) >= 11 is 0. The average molecular weight is 227 g/mol. The van der Waals surface area contributed by atoms with Crippen LogP contribution in [0.15, 0.2) is 0 Å². The van der Waals surface area contributed by atoms with Gasteiger partial charge in [-0.3, -0.25) is 4.79 Å². The number of ketones is 1. The number of Topliss-reactive ketones (excluding diaryl/α,β-unsaturated/α-hetero) is 1. The summed E-state index contributed by atoms with van der Waals surface area (Å²) < 4.78 is 0. The lowest BCUT2D eigenvalue weighted by Gasteiger charge is -2.20. The van der Waals surface area contributed by atoms with Gasteiger partial charge in [-0.25, -0.2) is 0 Å². The minimum absolute atomic E-state index is 0.0597. The summed E-state index contributed by atoms with van der Waals surface area (Å²) in [5.74, 6) is 0.0597. The second-order valence-corrected chi connectivity index (χ2v) is 4.62. The van der Waals surface area contributed by atoms with Gasteiger partial charge in [-0.2, -0.15) is 0 Å². The molecule has 16 heavy (non-hydrogen) atoms. The zero-order chi connectivity index (χ0) is 12.4. The molecule has 0 amide bonds. The molecule has 94 valence electrons. The summed E-state index contributed by atoms with van der Waals surface area (Å²) in [6, 6.07) is 0. The molecule has 0 fully saturated rings. The highest BCUT2D eigenvalue weighted by atomic mass is 16.1. The fourth-order valence-electron chi connectivity index (χ4n) is 1.83. The molecule has 0 aromatic heterocycles. The molecule has 0 aromatic rings. The van der Waals surface area contributed by atoms with Crippen molar-refractivity contribution in [2.45, 2.75) is 58.8 Å². The van der Waals surface area contributed by atoms with Crippen molar-refractivity contribution in [3.8, 4) is 0 Å². The van der Waals surface area contributed by atoms with Crippen LogP contribution in [-0.4, -0.2) is 18.6 Å². The topological polar surface area (TPSA) is 60.2 Å². The standard InChI is InChI=1S/C13H25NO2/c1-3-12(16)13(2,11-15)9-7-5-4-6-8-10-14/h11H,3-10,14H2,1-2H3. The third-order valence-electron chi connectivity index (χ3n) is 3.12. The van der Waals surface area contributed by atoms with Crippen molar-refractivity contribution in [2.24, 2.45) is 11.1 Å². The molecule has 0 spiro atoms. The van der Waals surface area contributed by atoms with Gasteiger partial charge in [0.1, 0.15) is 12.1 Å². The average Bonchev–Trinajstić information content (AvgIpc) is 2.32. The second-order valence-electron chi connectivity index (χ2n) is 4.62. The lowest BCUT2D eigenvalue weighted by molar-refractivity contribution is -0.133. The molecule has 1 atom stereocenters. The smallest absolute Gasteiger partial charge is 0.145 e. The lowest BCUT2D eigenvalue weighted by atomic mass is 9.81. The van der Waals surface area contributed by atoms with E-state index < -0.39 is 5.41 Å². The quantitative estimate of drug-likeness (QED) is 0.354. The van der Waals surface area contributed by atoms with Crippen LogP contribution in [0.3, 0.4) is 0 Å². The third-order valence-corrected chi connectivity index (χ3v) is 3.12. The van der Waals surface area contributed by atoms with E-state index in [2.05, 4.69) is 0 Å². The molecule has 3 heteroatoms. The van der Waals surface area contributed by atoms with E-state index >= 15 is 0 Å². The van der Waals surface area contributed by atoms with E-state index in [0.29, 0.717) is 12.8 Å². The third kappa shape index (κ3) is 5.40. The van der Waals surface area contributed by atoms with Gasteiger partial charge in [0.15, 0.2) is 0 Å². The van der Waals surface area contributed by atoms with Gasteiger partial charge < -0.3 is 10.5 Å². The Morgan fingerprint density at radius 3 is 2.25 bits per heavy atom. The predicted molar refractivity (Wildman–Crippen MR) is 66.2 cm³/mol. The second kappa shape index (κ2) is 8.45. The van der Waals surface area contributed by atoms with Gasteiger partial charge in [0.05, 0.1) is 5.41 Å². The largest absolute Gasteiger partial charge is 0.330 e. The van der Waals surface area contributed by atoms with Crippen LogP contribution in [0.1, 0.15) is 58.8 Å². The molecular formula is C13H25NO2. The number of unbranched alkanes of at least 4 members (excludes halogenated alkanes) is 4. The van der Waals surface area contributed by atoms with Gasteiger partial charge >= 0.3 is 0 Å². The maximum absolute atomic E-state index is 11.6. The van der Waals surface area contributed by atoms with Crippen LogP contribution in [0.4, 0.5) is 0 Å². The van der Waals surface area contributed by atoms with Crippen LogP contribution in [-0.2, 0) is 9.59 Å². The van der Waals surface area contributed by atoms with Crippen molar-refractivity contribution in [2.75, 3.05) is 6.54 Å². The first-order valence-corrected chi connectivity index (χ1v) is 6.30. The normalized spacial score (nSPS) is 14.4. The zero-order valence-corrected chi connectivity index (χ0v) is 10.6. The van der Waals surface area contributed by atoms with Crippen LogP contribution in [0.2, 0.25) is 0 Å². The van der Waals surface area contributed by atoms with E-state index in [-0.39, 0.29) is 5.78 Å². The number of aldehydes is 1. The SMILES string of the molecule is CCC(=O)C(C)(C=O)CCCCCCCN. The first kappa shape index (κ1) is 15.3. The summed E-state index contributed by atoms with van der Waals surface area (Å²) in [5, 5.41) is 0. The molecular weight excluding hydrogens is 202 g/mol. The highest BCUT2D eigenvalue weighted by Crippen LogP contribution is 2.24. The Morgan fingerprint density at radius 2 is 1.75 bits per heavy atom. The van der Waals surface area contributed by atoms with Gasteiger partial charge in [0, 0.05) is 6.42 Å². The number of carbonyl (C=O) groups is 2. The minimum atomic E-state index is -0.747. The van der Waals surface area contributed by atoms with E-state index in [1.165, 1.54) is 0 Å². The minimum Gasteiger partial charge on any atom is -0.330 e. The van der Waals surface area contributed by atoms with Crippen molar-refractivity contribution in [1.29, 1.82) is 0 Å². The van der Waals surface area contributed by atoms with Crippen molar-refractivity contribution in [1.82, 2.24) is 0 Å². The van der Waals surface area contributed by atoms with Crippen LogP contribution in [0.25, 0.3) is 0 Å².